The quantitative estimate of drug-likeness (QED) is 0.408. The lowest BCUT2D eigenvalue weighted by Crippen LogP contribution is -2.74. The molecule has 1 aromatic heterocycles. The maximum Gasteiger partial charge on any atom is 0.256 e. The van der Waals surface area contributed by atoms with Gasteiger partial charge in [0, 0.05) is 22.9 Å². The van der Waals surface area contributed by atoms with Crippen molar-refractivity contribution >= 4 is 27.5 Å². The summed E-state index contributed by atoms with van der Waals surface area (Å²) in [6.45, 7) is 18.8. The lowest BCUT2D eigenvalue weighted by molar-refractivity contribution is -0.199. The van der Waals surface area contributed by atoms with Gasteiger partial charge in [-0.1, -0.05) is 27.7 Å². The van der Waals surface area contributed by atoms with E-state index in [1.54, 1.807) is 12.1 Å². The van der Waals surface area contributed by atoms with Gasteiger partial charge in [-0.3, -0.25) is 4.79 Å². The molecule has 0 spiro atoms. The van der Waals surface area contributed by atoms with Gasteiger partial charge in [0.1, 0.15) is 22.2 Å². The van der Waals surface area contributed by atoms with Crippen molar-refractivity contribution in [2.75, 3.05) is 6.61 Å². The van der Waals surface area contributed by atoms with Crippen LogP contribution in [0, 0.1) is 17.4 Å². The molecule has 1 amide bonds. The van der Waals surface area contributed by atoms with Crippen LogP contribution in [0.1, 0.15) is 50.7 Å². The average molecular weight is 484 g/mol. The monoisotopic (exact) mass is 483 g/mol. The van der Waals surface area contributed by atoms with E-state index in [0.29, 0.717) is 35.9 Å². The van der Waals surface area contributed by atoms with E-state index >= 15 is 0 Å². The molecule has 1 saturated carbocycles. The summed E-state index contributed by atoms with van der Waals surface area (Å²) in [4.78, 5) is 23.1. The fourth-order valence-corrected chi connectivity index (χ4v) is 6.02. The van der Waals surface area contributed by atoms with Crippen LogP contribution in [0.2, 0.25) is 0 Å². The number of rotatable bonds is 5. The molecule has 0 radical (unpaired) electrons. The molecule has 0 bridgehead atoms. The first-order valence-corrected chi connectivity index (χ1v) is 11.2. The maximum absolute atomic E-state index is 13.2. The van der Waals surface area contributed by atoms with Crippen LogP contribution in [-0.2, 0) is 6.54 Å². The number of halogens is 1. The van der Waals surface area contributed by atoms with Gasteiger partial charge in [0.05, 0.1) is 31.0 Å². The lowest BCUT2D eigenvalue weighted by Gasteiger charge is -2.65. The number of hydrogen-bond donors (Lipinski definition) is 0. The molecule has 2 aliphatic rings. The highest BCUT2D eigenvalue weighted by atomic mass is 79.9. The van der Waals surface area contributed by atoms with Crippen molar-refractivity contribution in [3.05, 3.63) is 57.6 Å². The third-order valence-corrected chi connectivity index (χ3v) is 6.87. The minimum absolute atomic E-state index is 0.000599. The number of amides is 1. The van der Waals surface area contributed by atoms with E-state index in [0.717, 1.165) is 10.3 Å². The predicted molar refractivity (Wildman–Crippen MR) is 121 cm³/mol. The molecule has 0 saturated heterocycles. The van der Waals surface area contributed by atoms with E-state index in [-0.39, 0.29) is 28.9 Å². The van der Waals surface area contributed by atoms with E-state index in [1.165, 1.54) is 0 Å². The highest BCUT2D eigenvalue weighted by Gasteiger charge is 2.67. The third-order valence-electron chi connectivity index (χ3n) is 6.43. The van der Waals surface area contributed by atoms with E-state index < -0.39 is 0 Å². The van der Waals surface area contributed by atoms with Gasteiger partial charge < -0.3 is 14.4 Å². The van der Waals surface area contributed by atoms with Crippen molar-refractivity contribution in [3.8, 4) is 11.5 Å². The second-order valence-electron chi connectivity index (χ2n) is 9.28. The van der Waals surface area contributed by atoms with Gasteiger partial charge in [-0.05, 0) is 47.1 Å². The van der Waals surface area contributed by atoms with Crippen molar-refractivity contribution in [3.63, 3.8) is 0 Å². The molecule has 6 nitrogen and oxygen atoms in total. The Bertz CT molecular complexity index is 1070. The number of carbonyl (C=O) groups excluding carboxylic acids is 1. The van der Waals surface area contributed by atoms with Gasteiger partial charge in [0.2, 0.25) is 5.69 Å². The summed E-state index contributed by atoms with van der Waals surface area (Å²) in [6.07, 6.45) is -0.116. The number of ether oxygens (including phenoxy) is 2. The van der Waals surface area contributed by atoms with E-state index in [9.17, 15) is 4.79 Å². The Morgan fingerprint density at radius 3 is 2.58 bits per heavy atom. The number of pyridine rings is 1. The highest BCUT2D eigenvalue weighted by Crippen LogP contribution is 2.59. The van der Waals surface area contributed by atoms with Crippen LogP contribution >= 0.6 is 15.9 Å². The zero-order chi connectivity index (χ0) is 22.6. The summed E-state index contributed by atoms with van der Waals surface area (Å²) in [5.41, 5.74) is 1.41. The third kappa shape index (κ3) is 3.38. The topological polar surface area (TPSA) is 56.0 Å². The van der Waals surface area contributed by atoms with Gasteiger partial charge in [-0.2, -0.15) is 0 Å². The van der Waals surface area contributed by atoms with Gasteiger partial charge in [0.15, 0.2) is 0 Å². The van der Waals surface area contributed by atoms with Crippen LogP contribution in [0.25, 0.3) is 4.85 Å². The second-order valence-corrected chi connectivity index (χ2v) is 10.1. The molecule has 1 aliphatic heterocycles. The molecule has 2 aromatic rings. The minimum Gasteiger partial charge on any atom is -0.505 e. The van der Waals surface area contributed by atoms with Crippen LogP contribution in [0.3, 0.4) is 0 Å². The molecule has 2 heterocycles. The van der Waals surface area contributed by atoms with Crippen molar-refractivity contribution in [2.24, 2.45) is 10.8 Å². The normalized spacial score (nSPS) is 23.0. The standard InChI is InChI=1S/C24H26BrN3O3/c1-7-30-18-12-14(8-10-16(18)26-6)31-22-23(2,3)21(24(22,4)5)28-13-17-15(20(28)29)9-11-19(25)27-17/h8-12,21-22H,7,13H2,1-5H3. The van der Waals surface area contributed by atoms with E-state index in [1.807, 2.05) is 30.0 Å². The summed E-state index contributed by atoms with van der Waals surface area (Å²) >= 11 is 3.40. The van der Waals surface area contributed by atoms with Crippen molar-refractivity contribution in [2.45, 2.75) is 53.3 Å². The van der Waals surface area contributed by atoms with Crippen molar-refractivity contribution in [1.82, 2.24) is 9.88 Å². The zero-order valence-corrected chi connectivity index (χ0v) is 20.0. The first-order valence-electron chi connectivity index (χ1n) is 10.4. The SMILES string of the molecule is [C-]#[N+]c1ccc(OC2C(C)(C)C(N3Cc4nc(Br)ccc4C3=O)C2(C)C)cc1OCC. The Morgan fingerprint density at radius 2 is 1.94 bits per heavy atom. The van der Waals surface area contributed by atoms with E-state index in [4.69, 9.17) is 16.0 Å². The summed E-state index contributed by atoms with van der Waals surface area (Å²) in [7, 11) is 0. The van der Waals surface area contributed by atoms with Gasteiger partial charge in [0.25, 0.3) is 5.91 Å². The second kappa shape index (κ2) is 7.52. The van der Waals surface area contributed by atoms with Gasteiger partial charge in [-0.25, -0.2) is 9.83 Å². The molecule has 7 heteroatoms. The molecule has 1 aliphatic carbocycles. The summed E-state index contributed by atoms with van der Waals surface area (Å²) in [6, 6.07) is 8.98. The van der Waals surface area contributed by atoms with Crippen LogP contribution in [-0.4, -0.2) is 34.5 Å². The molecular formula is C24H26BrN3O3. The molecule has 0 unspecified atom stereocenters. The number of benzene rings is 1. The van der Waals surface area contributed by atoms with Crippen LogP contribution in [0.5, 0.6) is 11.5 Å². The molecule has 1 fully saturated rings. The molecular weight excluding hydrogens is 458 g/mol. The number of aromatic nitrogens is 1. The zero-order valence-electron chi connectivity index (χ0n) is 18.4. The van der Waals surface area contributed by atoms with Crippen molar-refractivity contribution in [1.29, 1.82) is 0 Å². The predicted octanol–water partition coefficient (Wildman–Crippen LogP) is 5.63. The molecule has 1 aromatic carbocycles. The molecule has 0 N–H and O–H groups in total. The number of carbonyl (C=O) groups is 1. The maximum atomic E-state index is 13.2. The fourth-order valence-electron chi connectivity index (χ4n) is 5.67. The molecule has 162 valence electrons. The lowest BCUT2D eigenvalue weighted by atomic mass is 9.49. The highest BCUT2D eigenvalue weighted by molar-refractivity contribution is 9.10. The first-order chi connectivity index (χ1) is 14.6. The van der Waals surface area contributed by atoms with Crippen LogP contribution in [0.15, 0.2) is 34.9 Å². The summed E-state index contributed by atoms with van der Waals surface area (Å²) < 4.78 is 12.8. The number of fused-ring (bicyclic) bond motifs is 1. The smallest absolute Gasteiger partial charge is 0.256 e. The number of hydrogen-bond acceptors (Lipinski definition) is 4. The van der Waals surface area contributed by atoms with Gasteiger partial charge in [-0.15, -0.1) is 0 Å². The Morgan fingerprint density at radius 1 is 1.23 bits per heavy atom. The Labute approximate surface area is 191 Å². The molecule has 4 rings (SSSR count). The average Bonchev–Trinajstić information content (AvgIpc) is 3.00. The first kappa shape index (κ1) is 21.6. The van der Waals surface area contributed by atoms with Gasteiger partial charge >= 0.3 is 0 Å². The largest absolute Gasteiger partial charge is 0.505 e. The number of nitrogens with zero attached hydrogens (tertiary/aromatic N) is 3. The van der Waals surface area contributed by atoms with Crippen molar-refractivity contribution < 1.29 is 14.3 Å². The Balaban J connectivity index is 1.59. The summed E-state index contributed by atoms with van der Waals surface area (Å²) in [5.74, 6) is 1.23. The Hall–Kier alpha value is -2.59. The summed E-state index contributed by atoms with van der Waals surface area (Å²) in [5, 5.41) is 0. The molecule has 0 atom stereocenters. The fraction of sp³-hybridized carbons (Fsp3) is 0.458. The van der Waals surface area contributed by atoms with E-state index in [2.05, 4.69) is 53.5 Å². The van der Waals surface area contributed by atoms with Crippen LogP contribution in [0.4, 0.5) is 5.69 Å². The minimum atomic E-state index is -0.275. The Kier molecular flexibility index (Phi) is 5.25. The molecule has 31 heavy (non-hydrogen) atoms. The van der Waals surface area contributed by atoms with Crippen LogP contribution < -0.4 is 9.47 Å².